The highest BCUT2D eigenvalue weighted by Crippen LogP contribution is 2.74. The van der Waals surface area contributed by atoms with Crippen LogP contribution in [-0.2, 0) is 19.1 Å². The molecule has 3 saturated carbocycles. The van der Waals surface area contributed by atoms with Crippen LogP contribution in [0.1, 0.15) is 93.4 Å². The van der Waals surface area contributed by atoms with E-state index in [0.717, 1.165) is 48.5 Å². The zero-order chi connectivity index (χ0) is 26.7. The second kappa shape index (κ2) is 7.79. The van der Waals surface area contributed by atoms with Gasteiger partial charge in [0.1, 0.15) is 0 Å². The van der Waals surface area contributed by atoms with E-state index in [0.29, 0.717) is 0 Å². The zero-order valence-electron chi connectivity index (χ0n) is 23.3. The average molecular weight is 607 g/mol. The van der Waals surface area contributed by atoms with E-state index in [4.69, 9.17) is 4.74 Å². The molecule has 0 aromatic heterocycles. The lowest BCUT2D eigenvalue weighted by molar-refractivity contribution is -0.172. The number of ketones is 2. The molecule has 5 rings (SSSR count). The van der Waals surface area contributed by atoms with Gasteiger partial charge in [0.05, 0.1) is 16.1 Å². The number of carbonyl (C=O) groups excluding carboxylic acids is 3. The van der Waals surface area contributed by atoms with Crippen molar-refractivity contribution < 1.29 is 19.1 Å². The van der Waals surface area contributed by atoms with Gasteiger partial charge < -0.3 is 4.74 Å². The molecule has 0 aromatic carbocycles. The second-order valence-electron chi connectivity index (χ2n) is 14.6. The van der Waals surface area contributed by atoms with E-state index >= 15 is 0 Å². The number of hydrogen-bond acceptors (Lipinski definition) is 4. The second-order valence-corrected chi connectivity index (χ2v) is 15.8. The molecule has 4 nitrogen and oxygen atoms in total. The Labute approximate surface area is 230 Å². The Bertz CT molecular complexity index is 1120. The van der Waals surface area contributed by atoms with E-state index in [1.807, 2.05) is 6.08 Å². The number of carbonyl (C=O) groups is 3. The van der Waals surface area contributed by atoms with Gasteiger partial charge in [-0.15, -0.1) is 0 Å². The van der Waals surface area contributed by atoms with Crippen molar-refractivity contribution in [2.45, 2.75) is 93.4 Å². The first-order valence-electron chi connectivity index (χ1n) is 13.8. The van der Waals surface area contributed by atoms with Gasteiger partial charge in [0.25, 0.3) is 0 Å². The molecule has 0 spiro atoms. The summed E-state index contributed by atoms with van der Waals surface area (Å²) in [4.78, 5) is 40.4. The molecule has 0 aliphatic heterocycles. The highest BCUT2D eigenvalue weighted by atomic mass is 127. The largest absolute Gasteiger partial charge is 0.469 e. The smallest absolute Gasteiger partial charge is 0.311 e. The molecule has 0 amide bonds. The summed E-state index contributed by atoms with van der Waals surface area (Å²) in [7, 11) is 1.49. The molecule has 0 bridgehead atoms. The van der Waals surface area contributed by atoms with E-state index < -0.39 is 10.8 Å². The third-order valence-electron chi connectivity index (χ3n) is 12.5. The minimum Gasteiger partial charge on any atom is -0.469 e. The Morgan fingerprint density at radius 2 is 1.61 bits per heavy atom. The lowest BCUT2D eigenvalue weighted by Gasteiger charge is -2.69. The van der Waals surface area contributed by atoms with Crippen LogP contribution in [0, 0.1) is 50.2 Å². The van der Waals surface area contributed by atoms with Crippen LogP contribution < -0.4 is 0 Å². The predicted molar refractivity (Wildman–Crippen MR) is 149 cm³/mol. The molecule has 5 aliphatic rings. The first-order chi connectivity index (χ1) is 16.5. The maximum absolute atomic E-state index is 14.3. The molecule has 3 fully saturated rings. The number of Topliss-reactive ketones (excluding diaryl/α,β-unsaturated/α-hetero) is 1. The van der Waals surface area contributed by atoms with Crippen LogP contribution in [0.25, 0.3) is 0 Å². The van der Waals surface area contributed by atoms with E-state index in [1.165, 1.54) is 12.7 Å². The van der Waals surface area contributed by atoms with Gasteiger partial charge in [0, 0.05) is 16.7 Å². The zero-order valence-corrected chi connectivity index (χ0v) is 25.5. The van der Waals surface area contributed by atoms with Crippen LogP contribution >= 0.6 is 22.6 Å². The third-order valence-corrected chi connectivity index (χ3v) is 13.3. The quantitative estimate of drug-likeness (QED) is 0.233. The number of rotatable bonds is 1. The summed E-state index contributed by atoms with van der Waals surface area (Å²) in [6.07, 6.45) is 10.9. The van der Waals surface area contributed by atoms with Gasteiger partial charge in [-0.2, -0.15) is 0 Å². The van der Waals surface area contributed by atoms with Crippen molar-refractivity contribution in [3.8, 4) is 0 Å². The number of methoxy groups -OCH3 is 1. The van der Waals surface area contributed by atoms with Gasteiger partial charge in [-0.1, -0.05) is 53.2 Å². The Balaban J connectivity index is 1.65. The number of fused-ring (bicyclic) bond motifs is 7. The highest BCUT2D eigenvalue weighted by Gasteiger charge is 2.70. The minimum atomic E-state index is -0.505. The molecule has 0 N–H and O–H groups in total. The molecule has 0 unspecified atom stereocenters. The number of ether oxygens (including phenoxy) is 1. The summed E-state index contributed by atoms with van der Waals surface area (Å²) in [5.74, 6) is 0.555. The third kappa shape index (κ3) is 3.13. The van der Waals surface area contributed by atoms with Gasteiger partial charge >= 0.3 is 5.97 Å². The SMILES string of the molecule is COC(=O)[C@@]1(C)CC[C@]2(C)CC[C@]3(C)C(=CC(=O)[C@@H]4[C@@]5(C)C=C(I)C(=O)C(C)(C)[C@@H]5CC[C@]43C)[C@H]2C1. The first kappa shape index (κ1) is 26.6. The van der Waals surface area contributed by atoms with Crippen molar-refractivity contribution in [2.24, 2.45) is 50.2 Å². The fourth-order valence-corrected chi connectivity index (χ4v) is 11.4. The van der Waals surface area contributed by atoms with Crippen LogP contribution in [0.2, 0.25) is 0 Å². The average Bonchev–Trinajstić information content (AvgIpc) is 2.79. The summed E-state index contributed by atoms with van der Waals surface area (Å²) < 4.78 is 6.03. The Morgan fingerprint density at radius 1 is 0.972 bits per heavy atom. The maximum Gasteiger partial charge on any atom is 0.311 e. The number of halogens is 1. The summed E-state index contributed by atoms with van der Waals surface area (Å²) in [5, 5.41) is 0. The van der Waals surface area contributed by atoms with E-state index in [2.05, 4.69) is 77.1 Å². The minimum absolute atomic E-state index is 0.108. The van der Waals surface area contributed by atoms with E-state index in [9.17, 15) is 14.4 Å². The number of esters is 1. The lowest BCUT2D eigenvalue weighted by atomic mass is 9.34. The monoisotopic (exact) mass is 606 g/mol. The van der Waals surface area contributed by atoms with E-state index in [-0.39, 0.29) is 56.9 Å². The number of allylic oxidation sites excluding steroid dienone is 4. The first-order valence-corrected chi connectivity index (χ1v) is 14.9. The summed E-state index contributed by atoms with van der Waals surface area (Å²) >= 11 is 2.20. The topological polar surface area (TPSA) is 60.4 Å². The van der Waals surface area contributed by atoms with E-state index in [1.54, 1.807) is 0 Å². The normalized spacial score (nSPS) is 49.5. The van der Waals surface area contributed by atoms with Crippen molar-refractivity contribution in [1.82, 2.24) is 0 Å². The van der Waals surface area contributed by atoms with Crippen molar-refractivity contribution >= 4 is 40.1 Å². The molecule has 8 atom stereocenters. The molecule has 0 aromatic rings. The van der Waals surface area contributed by atoms with Crippen molar-refractivity contribution in [3.05, 3.63) is 21.3 Å². The van der Waals surface area contributed by atoms with Gasteiger partial charge in [0.2, 0.25) is 0 Å². The van der Waals surface area contributed by atoms with Crippen LogP contribution in [0.4, 0.5) is 0 Å². The molecule has 0 heterocycles. The molecule has 5 aliphatic carbocycles. The van der Waals surface area contributed by atoms with Gasteiger partial charge in [0.15, 0.2) is 11.6 Å². The van der Waals surface area contributed by atoms with Crippen LogP contribution in [0.15, 0.2) is 21.3 Å². The molecule has 0 saturated heterocycles. The molecule has 36 heavy (non-hydrogen) atoms. The Hall–Kier alpha value is -0.980. The van der Waals surface area contributed by atoms with Gasteiger partial charge in [-0.3, -0.25) is 14.4 Å². The fraction of sp³-hybridized carbons (Fsp3) is 0.774. The summed E-state index contributed by atoms with van der Waals surface area (Å²) in [6.45, 7) is 15.7. The fourth-order valence-electron chi connectivity index (χ4n) is 10.1. The lowest BCUT2D eigenvalue weighted by Crippen LogP contribution is -2.65. The molecule has 0 radical (unpaired) electrons. The van der Waals surface area contributed by atoms with Gasteiger partial charge in [-0.05, 0) is 109 Å². The summed E-state index contributed by atoms with van der Waals surface area (Å²) in [6, 6.07) is 0. The van der Waals surface area contributed by atoms with Crippen LogP contribution in [0.3, 0.4) is 0 Å². The van der Waals surface area contributed by atoms with Gasteiger partial charge in [-0.25, -0.2) is 0 Å². The molecule has 5 heteroatoms. The van der Waals surface area contributed by atoms with Crippen LogP contribution in [0.5, 0.6) is 0 Å². The Morgan fingerprint density at radius 3 is 2.25 bits per heavy atom. The molecular formula is C31H43IO4. The number of hydrogen-bond donors (Lipinski definition) is 0. The maximum atomic E-state index is 14.3. The molecular weight excluding hydrogens is 563 g/mol. The standard InChI is InChI=1S/C31H43IO4/c1-26(2)22-9-10-31(7)23(29(22,5)17-20(32)24(26)34)21(33)15-18-19-16-28(4,25(35)36-8)12-11-27(19,3)13-14-30(18,31)6/h15,17,19,22-23H,9-14,16H2,1-8H3/t19-,22+,23-,27-,28+,29+,30-,31-/m1/s1. The molecule has 198 valence electrons. The Kier molecular flexibility index (Phi) is 5.76. The van der Waals surface area contributed by atoms with Crippen molar-refractivity contribution in [1.29, 1.82) is 0 Å². The van der Waals surface area contributed by atoms with Crippen molar-refractivity contribution in [3.63, 3.8) is 0 Å². The predicted octanol–water partition coefficient (Wildman–Crippen LogP) is 7.25. The summed E-state index contributed by atoms with van der Waals surface area (Å²) in [5.41, 5.74) is -0.221. The highest BCUT2D eigenvalue weighted by molar-refractivity contribution is 14.1. The van der Waals surface area contributed by atoms with Crippen LogP contribution in [-0.4, -0.2) is 24.6 Å². The van der Waals surface area contributed by atoms with Crippen molar-refractivity contribution in [2.75, 3.05) is 7.11 Å².